The standard InChI is InChI=1S/C35H63NO21/c1-4-5-6-7-8-9-10-50-34-28(48)30(29(49-3)19(55-34)14-51-33-27(47)25(45)22(42)17(12-38)53-33)56-35-31(26(46)23(43)18(13-39)54-35)57-32-20(36-15(2)40)24(44)21(41)16(11-37)52-32/h16-35,37-39,41-48H,4-14H2,1-3H3,(H,36,40)/t16-,17-,18-,19-,20-,21-,22-,23-,24-,25+,26+,27+,28+,29-,30-,31+,32+,33+,34-,35-/m1/s1. The van der Waals surface area contributed by atoms with E-state index >= 15 is 0 Å². The highest BCUT2D eigenvalue weighted by molar-refractivity contribution is 5.73. The predicted molar refractivity (Wildman–Crippen MR) is 187 cm³/mol. The van der Waals surface area contributed by atoms with Crippen LogP contribution in [0, 0.1) is 0 Å². The van der Waals surface area contributed by atoms with Gasteiger partial charge in [-0.2, -0.15) is 0 Å². The molecule has 1 amide bonds. The number of aliphatic hydroxyl groups is 11. The molecule has 4 rings (SSSR count). The topological polar surface area (TPSA) is 335 Å². The number of nitrogens with one attached hydrogen (secondary N) is 1. The molecule has 0 aromatic heterocycles. The minimum Gasteiger partial charge on any atom is -0.394 e. The number of aliphatic hydroxyl groups excluding tert-OH is 11. The molecule has 334 valence electrons. The molecule has 0 aromatic carbocycles. The van der Waals surface area contributed by atoms with Gasteiger partial charge in [-0.1, -0.05) is 39.0 Å². The number of carbonyl (C=O) groups is 1. The summed E-state index contributed by atoms with van der Waals surface area (Å²) in [7, 11) is 1.25. The molecule has 0 radical (unpaired) electrons. The van der Waals surface area contributed by atoms with Crippen molar-refractivity contribution in [3.63, 3.8) is 0 Å². The summed E-state index contributed by atoms with van der Waals surface area (Å²) in [6.45, 7) is 0.566. The molecule has 0 unspecified atom stereocenters. The van der Waals surface area contributed by atoms with Gasteiger partial charge in [0.2, 0.25) is 5.91 Å². The number of ether oxygens (including phenoxy) is 9. The molecular formula is C35H63NO21. The van der Waals surface area contributed by atoms with E-state index in [0.29, 0.717) is 6.42 Å². The Bertz CT molecular complexity index is 1180. The minimum atomic E-state index is -1.91. The molecule has 57 heavy (non-hydrogen) atoms. The van der Waals surface area contributed by atoms with Crippen LogP contribution in [0.2, 0.25) is 0 Å². The average molecular weight is 834 g/mol. The third-order valence-electron chi connectivity index (χ3n) is 10.6. The second-order valence-electron chi connectivity index (χ2n) is 14.7. The zero-order chi connectivity index (χ0) is 42.0. The van der Waals surface area contributed by atoms with Crippen LogP contribution in [0.1, 0.15) is 52.4 Å². The Morgan fingerprint density at radius 2 is 1.05 bits per heavy atom. The molecule has 4 heterocycles. The lowest BCUT2D eigenvalue weighted by molar-refractivity contribution is -0.386. The highest BCUT2D eigenvalue weighted by atomic mass is 16.8. The van der Waals surface area contributed by atoms with E-state index in [2.05, 4.69) is 12.2 Å². The maximum absolute atomic E-state index is 12.1. The van der Waals surface area contributed by atoms with E-state index in [1.807, 2.05) is 0 Å². The normalized spacial score (nSPS) is 44.2. The van der Waals surface area contributed by atoms with Crippen molar-refractivity contribution in [2.45, 2.75) is 175 Å². The van der Waals surface area contributed by atoms with Gasteiger partial charge >= 0.3 is 0 Å². The van der Waals surface area contributed by atoms with E-state index < -0.39 is 155 Å². The number of hydrogen-bond acceptors (Lipinski definition) is 21. The number of carbonyl (C=O) groups excluding carboxylic acids is 1. The third-order valence-corrected chi connectivity index (χ3v) is 10.6. The molecule has 12 N–H and O–H groups in total. The van der Waals surface area contributed by atoms with Crippen LogP contribution in [0.3, 0.4) is 0 Å². The van der Waals surface area contributed by atoms with E-state index in [4.69, 9.17) is 42.6 Å². The first kappa shape index (κ1) is 48.3. The van der Waals surface area contributed by atoms with Crippen molar-refractivity contribution in [2.75, 3.05) is 40.1 Å². The molecule has 22 nitrogen and oxygen atoms in total. The lowest BCUT2D eigenvalue weighted by atomic mass is 9.95. The zero-order valence-corrected chi connectivity index (χ0v) is 32.3. The fourth-order valence-corrected chi connectivity index (χ4v) is 7.29. The van der Waals surface area contributed by atoms with Gasteiger partial charge in [-0.05, 0) is 6.42 Å². The summed E-state index contributed by atoms with van der Waals surface area (Å²) in [6, 6.07) is -1.48. The van der Waals surface area contributed by atoms with E-state index in [1.165, 1.54) is 7.11 Å². The van der Waals surface area contributed by atoms with E-state index in [9.17, 15) is 61.0 Å². The van der Waals surface area contributed by atoms with Gasteiger partial charge in [0.25, 0.3) is 0 Å². The zero-order valence-electron chi connectivity index (χ0n) is 32.3. The second-order valence-corrected chi connectivity index (χ2v) is 14.7. The maximum atomic E-state index is 12.1. The van der Waals surface area contributed by atoms with Crippen LogP contribution in [-0.4, -0.2) is 225 Å². The van der Waals surface area contributed by atoms with E-state index in [1.54, 1.807) is 0 Å². The van der Waals surface area contributed by atoms with Crippen molar-refractivity contribution in [1.82, 2.24) is 5.32 Å². The van der Waals surface area contributed by atoms with Gasteiger partial charge in [0.1, 0.15) is 97.6 Å². The van der Waals surface area contributed by atoms with Crippen LogP contribution in [0.5, 0.6) is 0 Å². The molecule has 0 bridgehead atoms. The lowest BCUT2D eigenvalue weighted by Crippen LogP contribution is -2.69. The molecule has 4 aliphatic rings. The van der Waals surface area contributed by atoms with Crippen molar-refractivity contribution < 1.29 is 104 Å². The van der Waals surface area contributed by atoms with Gasteiger partial charge in [0.15, 0.2) is 25.2 Å². The van der Waals surface area contributed by atoms with E-state index in [-0.39, 0.29) is 6.61 Å². The van der Waals surface area contributed by atoms with Crippen LogP contribution >= 0.6 is 0 Å². The Balaban J connectivity index is 1.61. The highest BCUT2D eigenvalue weighted by Gasteiger charge is 2.55. The monoisotopic (exact) mass is 833 g/mol. The van der Waals surface area contributed by atoms with Crippen LogP contribution in [0.25, 0.3) is 0 Å². The van der Waals surface area contributed by atoms with Crippen LogP contribution in [0.4, 0.5) is 0 Å². The molecule has 20 atom stereocenters. The Labute approximate surface area is 330 Å². The smallest absolute Gasteiger partial charge is 0.217 e. The summed E-state index contributed by atoms with van der Waals surface area (Å²) in [5.41, 5.74) is 0. The number of methoxy groups -OCH3 is 1. The molecule has 0 aromatic rings. The minimum absolute atomic E-state index is 0.144. The summed E-state index contributed by atoms with van der Waals surface area (Å²) >= 11 is 0. The fraction of sp³-hybridized carbons (Fsp3) is 0.971. The number of hydrogen-bond donors (Lipinski definition) is 12. The average Bonchev–Trinajstić information content (AvgIpc) is 3.19. The molecule has 4 saturated heterocycles. The van der Waals surface area contributed by atoms with Crippen molar-refractivity contribution in [1.29, 1.82) is 0 Å². The van der Waals surface area contributed by atoms with Crippen molar-refractivity contribution >= 4 is 5.91 Å². The van der Waals surface area contributed by atoms with Crippen molar-refractivity contribution in [2.24, 2.45) is 0 Å². The van der Waals surface area contributed by atoms with Gasteiger partial charge < -0.3 is 104 Å². The first-order valence-corrected chi connectivity index (χ1v) is 19.5. The number of amides is 1. The third kappa shape index (κ3) is 11.9. The number of rotatable bonds is 20. The van der Waals surface area contributed by atoms with Gasteiger partial charge in [0.05, 0.1) is 26.4 Å². The molecular weight excluding hydrogens is 770 g/mol. The predicted octanol–water partition coefficient (Wildman–Crippen LogP) is -5.57. The Hall–Kier alpha value is -1.33. The molecule has 4 aliphatic heterocycles. The van der Waals surface area contributed by atoms with Gasteiger partial charge in [-0.3, -0.25) is 4.79 Å². The quantitative estimate of drug-likeness (QED) is 0.0509. The van der Waals surface area contributed by atoms with Gasteiger partial charge in [-0.25, -0.2) is 0 Å². The second kappa shape index (κ2) is 23.0. The number of unbranched alkanes of at least 4 members (excludes halogenated alkanes) is 5. The van der Waals surface area contributed by atoms with Crippen LogP contribution in [0.15, 0.2) is 0 Å². The maximum Gasteiger partial charge on any atom is 0.217 e. The van der Waals surface area contributed by atoms with E-state index in [0.717, 1.165) is 39.0 Å². The first-order valence-electron chi connectivity index (χ1n) is 19.5. The van der Waals surface area contributed by atoms with Crippen molar-refractivity contribution in [3.05, 3.63) is 0 Å². The van der Waals surface area contributed by atoms with Crippen LogP contribution in [-0.2, 0) is 47.4 Å². The van der Waals surface area contributed by atoms with Gasteiger partial charge in [-0.15, -0.1) is 0 Å². The summed E-state index contributed by atoms with van der Waals surface area (Å²) in [5.74, 6) is -0.670. The van der Waals surface area contributed by atoms with Gasteiger partial charge in [0, 0.05) is 20.6 Å². The molecule has 22 heteroatoms. The summed E-state index contributed by atoms with van der Waals surface area (Å²) < 4.78 is 52.8. The van der Waals surface area contributed by atoms with Crippen molar-refractivity contribution in [3.8, 4) is 0 Å². The SMILES string of the molecule is CCCCCCCCO[C@@H]1O[C@H](CO[C@H]2O[C@H](CO)[C@@H](O)[C@H](O)[C@@H]2O)[C@@H](OC)[C@H](O[C@H]2O[C@H](CO)[C@@H](O)[C@H](O)[C@@H]2O[C@@H]2O[C@H](CO)[C@@H](O)[C@H](O)[C@H]2NC(C)=O)[C@@H]1O. The first-order chi connectivity index (χ1) is 27.2. The Morgan fingerprint density at radius 3 is 1.65 bits per heavy atom. The summed E-state index contributed by atoms with van der Waals surface area (Å²) in [5, 5.41) is 118. The molecule has 4 fully saturated rings. The molecule has 0 saturated carbocycles. The molecule has 0 spiro atoms. The van der Waals surface area contributed by atoms with Crippen LogP contribution < -0.4 is 5.32 Å². The molecule has 0 aliphatic carbocycles. The Kier molecular flexibility index (Phi) is 19.5. The largest absolute Gasteiger partial charge is 0.394 e. The Morgan fingerprint density at radius 1 is 0.544 bits per heavy atom. The fourth-order valence-electron chi connectivity index (χ4n) is 7.29. The highest BCUT2D eigenvalue weighted by Crippen LogP contribution is 2.35. The summed E-state index contributed by atoms with van der Waals surface area (Å²) in [6.07, 6.45) is -24.8. The summed E-state index contributed by atoms with van der Waals surface area (Å²) in [4.78, 5) is 12.1. The lowest BCUT2D eigenvalue weighted by Gasteiger charge is -2.49.